The lowest BCUT2D eigenvalue weighted by molar-refractivity contribution is -0.133. The molecule has 0 aliphatic rings. The summed E-state index contributed by atoms with van der Waals surface area (Å²) in [6.45, 7) is 9.29. The molecule has 1 aromatic heterocycles. The van der Waals surface area contributed by atoms with E-state index in [-0.39, 0.29) is 18.4 Å². The van der Waals surface area contributed by atoms with Crippen molar-refractivity contribution < 1.29 is 9.59 Å². The van der Waals surface area contributed by atoms with Crippen molar-refractivity contribution in [3.8, 4) is 11.3 Å². The van der Waals surface area contributed by atoms with Gasteiger partial charge in [0.25, 0.3) is 0 Å². The topological polar surface area (TPSA) is 65.5 Å². The van der Waals surface area contributed by atoms with Crippen LogP contribution in [-0.2, 0) is 9.59 Å². The van der Waals surface area contributed by atoms with Crippen molar-refractivity contribution >= 4 is 28.3 Å². The van der Waals surface area contributed by atoms with Crippen molar-refractivity contribution in [3.05, 3.63) is 35.2 Å². The number of aromatic nitrogens is 1. The molecule has 146 valence electrons. The second-order valence-electron chi connectivity index (χ2n) is 6.55. The summed E-state index contributed by atoms with van der Waals surface area (Å²) in [5.41, 5.74) is 3.05. The molecule has 0 spiro atoms. The zero-order valence-corrected chi connectivity index (χ0v) is 17.5. The minimum atomic E-state index is -0.434. The summed E-state index contributed by atoms with van der Waals surface area (Å²) in [7, 11) is 1.78. The number of nitrogens with zero attached hydrogens (tertiary/aromatic N) is 3. The number of anilines is 1. The number of hydrogen-bond acceptors (Lipinski definition) is 5. The molecular weight excluding hydrogens is 360 g/mol. The summed E-state index contributed by atoms with van der Waals surface area (Å²) in [4.78, 5) is 32.8. The van der Waals surface area contributed by atoms with Gasteiger partial charge in [0.2, 0.25) is 11.8 Å². The van der Waals surface area contributed by atoms with Crippen molar-refractivity contribution in [1.82, 2.24) is 14.8 Å². The molecule has 2 aromatic rings. The Morgan fingerprint density at radius 3 is 2.41 bits per heavy atom. The van der Waals surface area contributed by atoms with E-state index < -0.39 is 6.04 Å². The molecule has 0 radical (unpaired) electrons. The number of aryl methyl sites for hydroxylation is 1. The molecule has 7 heteroatoms. The van der Waals surface area contributed by atoms with E-state index in [0.717, 1.165) is 11.3 Å². The third-order valence-corrected chi connectivity index (χ3v) is 5.38. The predicted octanol–water partition coefficient (Wildman–Crippen LogP) is 3.25. The maximum Gasteiger partial charge on any atom is 0.243 e. The lowest BCUT2D eigenvalue weighted by Gasteiger charge is -2.26. The Kier molecular flexibility index (Phi) is 7.50. The third kappa shape index (κ3) is 5.61. The van der Waals surface area contributed by atoms with Crippen LogP contribution in [-0.4, -0.2) is 59.3 Å². The lowest BCUT2D eigenvalue weighted by atomic mass is 10.1. The van der Waals surface area contributed by atoms with Gasteiger partial charge in [0.15, 0.2) is 5.13 Å². The van der Waals surface area contributed by atoms with Crippen LogP contribution in [0.3, 0.4) is 0 Å². The average Bonchev–Trinajstić information content (AvgIpc) is 3.11. The highest BCUT2D eigenvalue weighted by Crippen LogP contribution is 2.25. The van der Waals surface area contributed by atoms with E-state index >= 15 is 0 Å². The Morgan fingerprint density at radius 1 is 1.19 bits per heavy atom. The van der Waals surface area contributed by atoms with Crippen LogP contribution in [0.5, 0.6) is 0 Å². The number of carbonyl (C=O) groups excluding carboxylic acids is 2. The Labute approximate surface area is 165 Å². The Hall–Kier alpha value is -2.25. The van der Waals surface area contributed by atoms with Gasteiger partial charge in [-0.25, -0.2) is 4.98 Å². The summed E-state index contributed by atoms with van der Waals surface area (Å²) < 4.78 is 0. The summed E-state index contributed by atoms with van der Waals surface area (Å²) in [5.74, 6) is -0.146. The highest BCUT2D eigenvalue weighted by atomic mass is 32.1. The van der Waals surface area contributed by atoms with Gasteiger partial charge in [0.05, 0.1) is 18.3 Å². The van der Waals surface area contributed by atoms with Crippen LogP contribution in [0.15, 0.2) is 29.6 Å². The monoisotopic (exact) mass is 388 g/mol. The van der Waals surface area contributed by atoms with Gasteiger partial charge in [0, 0.05) is 24.0 Å². The smallest absolute Gasteiger partial charge is 0.243 e. The van der Waals surface area contributed by atoms with Gasteiger partial charge in [-0.3, -0.25) is 14.5 Å². The van der Waals surface area contributed by atoms with Crippen LogP contribution in [0.1, 0.15) is 26.3 Å². The van der Waals surface area contributed by atoms with Crippen LogP contribution in [0, 0.1) is 6.92 Å². The predicted molar refractivity (Wildman–Crippen MR) is 111 cm³/mol. The van der Waals surface area contributed by atoms with Crippen molar-refractivity contribution in [2.45, 2.75) is 33.7 Å². The van der Waals surface area contributed by atoms with E-state index in [0.29, 0.717) is 18.2 Å². The number of likely N-dealkylation sites (N-methyl/N-ethyl adjacent to an activating group) is 2. The first-order valence-electron chi connectivity index (χ1n) is 9.17. The number of rotatable bonds is 8. The highest BCUT2D eigenvalue weighted by Gasteiger charge is 2.22. The van der Waals surface area contributed by atoms with Gasteiger partial charge < -0.3 is 10.2 Å². The SMILES string of the molecule is CCN(CC)C(=O)CN(C)C(C)C(=O)Nc1nc(-c2ccc(C)cc2)cs1. The highest BCUT2D eigenvalue weighted by molar-refractivity contribution is 7.14. The lowest BCUT2D eigenvalue weighted by Crippen LogP contribution is -2.46. The molecule has 1 N–H and O–H groups in total. The van der Waals surface area contributed by atoms with Gasteiger partial charge in [-0.15, -0.1) is 11.3 Å². The van der Waals surface area contributed by atoms with E-state index in [4.69, 9.17) is 0 Å². The number of nitrogens with one attached hydrogen (secondary N) is 1. The number of carbonyl (C=O) groups is 2. The zero-order valence-electron chi connectivity index (χ0n) is 16.7. The van der Waals surface area contributed by atoms with Crippen LogP contribution < -0.4 is 5.32 Å². The molecule has 0 saturated heterocycles. The largest absolute Gasteiger partial charge is 0.342 e. The molecule has 2 rings (SSSR count). The molecule has 6 nitrogen and oxygen atoms in total. The Balaban J connectivity index is 1.96. The Morgan fingerprint density at radius 2 is 1.81 bits per heavy atom. The quantitative estimate of drug-likeness (QED) is 0.754. The fourth-order valence-electron chi connectivity index (χ4n) is 2.62. The van der Waals surface area contributed by atoms with Crippen molar-refractivity contribution in [2.24, 2.45) is 0 Å². The van der Waals surface area contributed by atoms with Gasteiger partial charge in [-0.2, -0.15) is 0 Å². The van der Waals surface area contributed by atoms with Crippen LogP contribution >= 0.6 is 11.3 Å². The van der Waals surface area contributed by atoms with Crippen LogP contribution in [0.25, 0.3) is 11.3 Å². The normalized spacial score (nSPS) is 12.1. The molecule has 0 aliphatic carbocycles. The molecule has 2 amide bonds. The average molecular weight is 389 g/mol. The van der Waals surface area contributed by atoms with E-state index in [1.54, 1.807) is 23.8 Å². The standard InChI is InChI=1S/C20H28N4O2S/c1-6-24(7-2)18(25)12-23(5)15(4)19(26)22-20-21-17(13-27-20)16-10-8-14(3)9-11-16/h8-11,13,15H,6-7,12H2,1-5H3,(H,21,22,26). The maximum atomic E-state index is 12.5. The zero-order chi connectivity index (χ0) is 20.0. The molecule has 1 aromatic carbocycles. The number of benzene rings is 1. The first-order valence-corrected chi connectivity index (χ1v) is 10.0. The van der Waals surface area contributed by atoms with Gasteiger partial charge in [-0.05, 0) is 34.7 Å². The summed E-state index contributed by atoms with van der Waals surface area (Å²) >= 11 is 1.40. The van der Waals surface area contributed by atoms with E-state index in [1.807, 2.05) is 50.4 Å². The summed E-state index contributed by atoms with van der Waals surface area (Å²) in [6, 6.07) is 7.68. The second-order valence-corrected chi connectivity index (χ2v) is 7.41. The molecule has 0 bridgehead atoms. The number of thiazole rings is 1. The third-order valence-electron chi connectivity index (χ3n) is 4.62. The van der Waals surface area contributed by atoms with Gasteiger partial charge >= 0.3 is 0 Å². The van der Waals surface area contributed by atoms with E-state index in [2.05, 4.69) is 10.3 Å². The molecule has 27 heavy (non-hydrogen) atoms. The Bertz CT molecular complexity index is 769. The molecule has 1 heterocycles. The first-order chi connectivity index (χ1) is 12.8. The van der Waals surface area contributed by atoms with Crippen molar-refractivity contribution in [2.75, 3.05) is 32.0 Å². The first kappa shape index (κ1) is 21.1. The minimum absolute atomic E-state index is 0.0260. The van der Waals surface area contributed by atoms with Crippen LogP contribution in [0.4, 0.5) is 5.13 Å². The van der Waals surface area contributed by atoms with Crippen LogP contribution in [0.2, 0.25) is 0 Å². The molecule has 1 atom stereocenters. The minimum Gasteiger partial charge on any atom is -0.342 e. The second kappa shape index (κ2) is 9.62. The van der Waals surface area contributed by atoms with Gasteiger partial charge in [-0.1, -0.05) is 29.8 Å². The molecule has 1 unspecified atom stereocenters. The van der Waals surface area contributed by atoms with Crippen molar-refractivity contribution in [1.29, 1.82) is 0 Å². The fraction of sp³-hybridized carbons (Fsp3) is 0.450. The molecule has 0 fully saturated rings. The molecule has 0 aliphatic heterocycles. The number of hydrogen-bond donors (Lipinski definition) is 1. The van der Waals surface area contributed by atoms with Crippen molar-refractivity contribution in [3.63, 3.8) is 0 Å². The fourth-order valence-corrected chi connectivity index (χ4v) is 3.35. The van der Waals surface area contributed by atoms with E-state index in [9.17, 15) is 9.59 Å². The summed E-state index contributed by atoms with van der Waals surface area (Å²) in [5, 5.41) is 5.35. The van der Waals surface area contributed by atoms with Gasteiger partial charge in [0.1, 0.15) is 0 Å². The summed E-state index contributed by atoms with van der Waals surface area (Å²) in [6.07, 6.45) is 0. The van der Waals surface area contributed by atoms with E-state index in [1.165, 1.54) is 16.9 Å². The molecule has 0 saturated carbocycles. The maximum absolute atomic E-state index is 12.5. The molecular formula is C20H28N4O2S. The number of amides is 2.